The topological polar surface area (TPSA) is 83.6 Å². The molecule has 0 spiro atoms. The second-order valence-corrected chi connectivity index (χ2v) is 10.4. The van der Waals surface area contributed by atoms with Gasteiger partial charge in [-0.15, -0.1) is 23.7 Å². The van der Waals surface area contributed by atoms with E-state index in [0.29, 0.717) is 49.1 Å². The molecule has 2 heterocycles. The highest BCUT2D eigenvalue weighted by Gasteiger charge is 2.17. The third-order valence-electron chi connectivity index (χ3n) is 6.12. The first-order valence-electron chi connectivity index (χ1n) is 12.3. The van der Waals surface area contributed by atoms with Crippen LogP contribution in [0.4, 0.5) is 5.69 Å². The Hall–Kier alpha value is -3.43. The minimum absolute atomic E-state index is 0. The monoisotopic (exact) mass is 582 g/mol. The molecule has 3 aromatic carbocycles. The van der Waals surface area contributed by atoms with E-state index in [1.807, 2.05) is 66.7 Å². The molecule has 0 saturated carbocycles. The average molecular weight is 584 g/mol. The highest BCUT2D eigenvalue weighted by atomic mass is 35.5. The first kappa shape index (κ1) is 28.6. The number of benzene rings is 3. The summed E-state index contributed by atoms with van der Waals surface area (Å²) < 4.78 is 6.06. The maximum Gasteiger partial charge on any atom is 0.275 e. The normalized spacial score (nSPS) is 13.3. The Labute approximate surface area is 242 Å². The number of aromatic nitrogens is 1. The van der Waals surface area contributed by atoms with Gasteiger partial charge in [0.15, 0.2) is 0 Å². The molecule has 5 rings (SSSR count). The van der Waals surface area contributed by atoms with Crippen LogP contribution in [0.15, 0.2) is 78.2 Å². The second-order valence-electron chi connectivity index (χ2n) is 9.04. The van der Waals surface area contributed by atoms with Crippen molar-refractivity contribution in [2.75, 3.05) is 25.0 Å². The quantitative estimate of drug-likeness (QED) is 0.269. The molecule has 1 aliphatic rings. The fraction of sp³-hybridized carbons (Fsp3) is 0.207. The van der Waals surface area contributed by atoms with Gasteiger partial charge >= 0.3 is 0 Å². The van der Waals surface area contributed by atoms with Gasteiger partial charge in [-0.2, -0.15) is 0 Å². The molecule has 0 aliphatic carbocycles. The van der Waals surface area contributed by atoms with Crippen LogP contribution in [0.25, 0.3) is 0 Å². The fourth-order valence-electron chi connectivity index (χ4n) is 4.19. The lowest BCUT2D eigenvalue weighted by molar-refractivity contribution is -0.124. The molecular formula is C29H28Cl2N4O3S. The van der Waals surface area contributed by atoms with E-state index in [1.165, 1.54) is 11.3 Å². The van der Waals surface area contributed by atoms with Crippen molar-refractivity contribution in [1.82, 2.24) is 15.2 Å². The van der Waals surface area contributed by atoms with Crippen molar-refractivity contribution in [3.8, 4) is 5.75 Å². The molecule has 1 saturated heterocycles. The zero-order chi connectivity index (χ0) is 26.3. The number of nitrogens with one attached hydrogen (secondary N) is 2. The van der Waals surface area contributed by atoms with Crippen LogP contribution in [0.5, 0.6) is 5.75 Å². The van der Waals surface area contributed by atoms with Gasteiger partial charge in [-0.3, -0.25) is 14.5 Å². The summed E-state index contributed by atoms with van der Waals surface area (Å²) in [5.74, 6) is 0.526. The molecule has 202 valence electrons. The Morgan fingerprint density at radius 1 is 1.08 bits per heavy atom. The molecule has 2 N–H and O–H groups in total. The third-order valence-corrected chi connectivity index (χ3v) is 7.21. The van der Waals surface area contributed by atoms with E-state index in [9.17, 15) is 9.59 Å². The predicted octanol–water partition coefficient (Wildman–Crippen LogP) is 5.57. The van der Waals surface area contributed by atoms with E-state index >= 15 is 0 Å². The van der Waals surface area contributed by atoms with Crippen LogP contribution in [0.3, 0.4) is 0 Å². The van der Waals surface area contributed by atoms with Gasteiger partial charge in [0.25, 0.3) is 5.91 Å². The zero-order valence-electron chi connectivity index (χ0n) is 21.1. The number of anilines is 1. The number of ether oxygens (including phenoxy) is 1. The van der Waals surface area contributed by atoms with Crippen molar-refractivity contribution in [3.05, 3.63) is 111 Å². The Morgan fingerprint density at radius 3 is 2.64 bits per heavy atom. The van der Waals surface area contributed by atoms with Crippen molar-refractivity contribution in [1.29, 1.82) is 0 Å². The standard InChI is InChI=1S/C29H27ClN4O3S.ClH/c30-23-8-11-26(37-18-21-4-2-1-3-5-21)22(14-23)15-28-33-25(19-38-28)29(36)32-24-9-6-20(7-10-24)16-34-13-12-31-27(35)17-34;/h1-11,14,19H,12-13,15-18H2,(H,31,35)(H,32,36);1H. The van der Waals surface area contributed by atoms with Gasteiger partial charge in [-0.1, -0.05) is 54.1 Å². The van der Waals surface area contributed by atoms with Crippen LogP contribution >= 0.6 is 35.3 Å². The lowest BCUT2D eigenvalue weighted by Gasteiger charge is -2.26. The van der Waals surface area contributed by atoms with Crippen LogP contribution in [0, 0.1) is 0 Å². The summed E-state index contributed by atoms with van der Waals surface area (Å²) in [4.78, 5) is 31.1. The molecule has 10 heteroatoms. The summed E-state index contributed by atoms with van der Waals surface area (Å²) in [6.45, 7) is 3.04. The lowest BCUT2D eigenvalue weighted by atomic mass is 10.1. The Bertz CT molecular complexity index is 1410. The SMILES string of the molecule is Cl.O=C1CN(Cc2ccc(NC(=O)c3csc(Cc4cc(Cl)ccc4OCc4ccccc4)n3)cc2)CCN1. The molecule has 1 aliphatic heterocycles. The van der Waals surface area contributed by atoms with Crippen molar-refractivity contribution in [3.63, 3.8) is 0 Å². The van der Waals surface area contributed by atoms with Gasteiger partial charge in [0, 0.05) is 47.7 Å². The molecule has 0 atom stereocenters. The third kappa shape index (κ3) is 8.03. The fourth-order valence-corrected chi connectivity index (χ4v) is 5.19. The minimum atomic E-state index is -0.264. The number of amides is 2. The molecular weight excluding hydrogens is 555 g/mol. The molecule has 4 aromatic rings. The van der Waals surface area contributed by atoms with Crippen molar-refractivity contribution in [2.24, 2.45) is 0 Å². The van der Waals surface area contributed by atoms with Gasteiger partial charge in [-0.05, 0) is 41.5 Å². The first-order valence-corrected chi connectivity index (χ1v) is 13.6. The summed E-state index contributed by atoms with van der Waals surface area (Å²) >= 11 is 7.69. The molecule has 0 unspecified atom stereocenters. The molecule has 2 amide bonds. The number of hydrogen-bond acceptors (Lipinski definition) is 6. The van der Waals surface area contributed by atoms with Gasteiger partial charge < -0.3 is 15.4 Å². The summed E-state index contributed by atoms with van der Waals surface area (Å²) in [5.41, 5.74) is 4.13. The molecule has 1 fully saturated rings. The van der Waals surface area contributed by atoms with Gasteiger partial charge in [0.05, 0.1) is 11.6 Å². The van der Waals surface area contributed by atoms with Crippen LogP contribution in [0.1, 0.15) is 32.2 Å². The van der Waals surface area contributed by atoms with Crippen LogP contribution in [-0.2, 0) is 24.4 Å². The number of carbonyl (C=O) groups excluding carboxylic acids is 2. The Kier molecular flexibility index (Phi) is 9.95. The summed E-state index contributed by atoms with van der Waals surface area (Å²) in [7, 11) is 0. The Morgan fingerprint density at radius 2 is 1.87 bits per heavy atom. The van der Waals surface area contributed by atoms with Gasteiger partial charge in [-0.25, -0.2) is 4.98 Å². The first-order chi connectivity index (χ1) is 18.5. The number of rotatable bonds is 9. The highest BCUT2D eigenvalue weighted by molar-refractivity contribution is 7.09. The molecule has 0 radical (unpaired) electrons. The zero-order valence-corrected chi connectivity index (χ0v) is 23.5. The van der Waals surface area contributed by atoms with Crippen molar-refractivity contribution in [2.45, 2.75) is 19.6 Å². The largest absolute Gasteiger partial charge is 0.489 e. The number of carbonyl (C=O) groups is 2. The average Bonchev–Trinajstić information content (AvgIpc) is 3.39. The molecule has 7 nitrogen and oxygen atoms in total. The number of piperazine rings is 1. The van der Waals surface area contributed by atoms with Crippen LogP contribution in [-0.4, -0.2) is 41.3 Å². The van der Waals surface area contributed by atoms with E-state index < -0.39 is 0 Å². The summed E-state index contributed by atoms with van der Waals surface area (Å²) in [6.07, 6.45) is 0.506. The van der Waals surface area contributed by atoms with Crippen molar-refractivity contribution >= 4 is 52.8 Å². The number of halogens is 2. The van der Waals surface area contributed by atoms with Gasteiger partial charge in [0.1, 0.15) is 18.1 Å². The summed E-state index contributed by atoms with van der Waals surface area (Å²) in [5, 5.41) is 8.92. The number of thiazole rings is 1. The molecule has 39 heavy (non-hydrogen) atoms. The molecule has 0 bridgehead atoms. The van der Waals surface area contributed by atoms with E-state index in [-0.39, 0.29) is 24.2 Å². The van der Waals surface area contributed by atoms with Crippen molar-refractivity contribution < 1.29 is 14.3 Å². The molecule has 1 aromatic heterocycles. The Balaban J connectivity index is 0.00000353. The summed E-state index contributed by atoms with van der Waals surface area (Å²) in [6, 6.07) is 23.2. The second kappa shape index (κ2) is 13.6. The van der Waals surface area contributed by atoms with Crippen LogP contribution in [0.2, 0.25) is 5.02 Å². The van der Waals surface area contributed by atoms with Gasteiger partial charge in [0.2, 0.25) is 5.91 Å². The maximum atomic E-state index is 12.8. The minimum Gasteiger partial charge on any atom is -0.489 e. The predicted molar refractivity (Wildman–Crippen MR) is 157 cm³/mol. The van der Waals surface area contributed by atoms with Crippen LogP contribution < -0.4 is 15.4 Å². The van der Waals surface area contributed by atoms with E-state index in [2.05, 4.69) is 20.5 Å². The lowest BCUT2D eigenvalue weighted by Crippen LogP contribution is -2.47. The van der Waals surface area contributed by atoms with E-state index in [0.717, 1.165) is 34.0 Å². The maximum absolute atomic E-state index is 12.8. The smallest absolute Gasteiger partial charge is 0.275 e. The van der Waals surface area contributed by atoms with E-state index in [1.54, 1.807) is 11.4 Å². The number of nitrogens with zero attached hydrogens (tertiary/aromatic N) is 2. The van der Waals surface area contributed by atoms with E-state index in [4.69, 9.17) is 16.3 Å². The highest BCUT2D eigenvalue weighted by Crippen LogP contribution is 2.27. The number of hydrogen-bond donors (Lipinski definition) is 2.